The lowest BCUT2D eigenvalue weighted by Gasteiger charge is -2.11. The fourth-order valence-electron chi connectivity index (χ4n) is 3.41. The molecule has 0 spiro atoms. The van der Waals surface area contributed by atoms with Crippen LogP contribution < -0.4 is 5.32 Å². The molecule has 0 aliphatic rings. The fraction of sp³-hybridized carbons (Fsp3) is 0.120. The van der Waals surface area contributed by atoms with E-state index in [4.69, 9.17) is 4.98 Å². The minimum atomic E-state index is -0.0663. The van der Waals surface area contributed by atoms with Crippen LogP contribution in [0.15, 0.2) is 78.9 Å². The van der Waals surface area contributed by atoms with Gasteiger partial charge in [0.1, 0.15) is 12.4 Å². The van der Waals surface area contributed by atoms with Crippen LogP contribution in [0, 0.1) is 0 Å². The molecule has 4 aromatic rings. The van der Waals surface area contributed by atoms with Gasteiger partial charge in [-0.25, -0.2) is 4.98 Å². The number of nitrogens with zero attached hydrogens (tertiary/aromatic N) is 2. The average molecular weight is 381 g/mol. The van der Waals surface area contributed by atoms with Crippen LogP contribution in [0.1, 0.15) is 23.9 Å². The number of carbonyl (C=O) groups is 1. The molecule has 0 saturated heterocycles. The SMILES string of the molecule is CCc1ccccc1NC(=O)Cn1c(/C=C/c2ccccc2)nc2ccccc21. The minimum Gasteiger partial charge on any atom is -0.324 e. The maximum atomic E-state index is 12.8. The standard InChI is InChI=1S/C25H23N3O/c1-2-20-12-6-7-13-21(20)27-25(29)18-28-23-15-9-8-14-22(23)26-24(28)17-16-19-10-4-3-5-11-19/h3-17H,2,18H2,1H3,(H,27,29)/b17-16+. The van der Waals surface area contributed by atoms with Crippen LogP contribution in [-0.2, 0) is 17.8 Å². The first-order chi connectivity index (χ1) is 14.2. The minimum absolute atomic E-state index is 0.0663. The number of aromatic nitrogens is 2. The van der Waals surface area contributed by atoms with Crippen LogP contribution in [-0.4, -0.2) is 15.5 Å². The van der Waals surface area contributed by atoms with Gasteiger partial charge in [0.2, 0.25) is 5.91 Å². The molecule has 4 rings (SSSR count). The predicted octanol–water partition coefficient (Wildman–Crippen LogP) is 5.41. The van der Waals surface area contributed by atoms with Gasteiger partial charge < -0.3 is 9.88 Å². The van der Waals surface area contributed by atoms with Gasteiger partial charge in [0, 0.05) is 5.69 Å². The summed E-state index contributed by atoms with van der Waals surface area (Å²) >= 11 is 0. The molecule has 144 valence electrons. The molecule has 29 heavy (non-hydrogen) atoms. The lowest BCUT2D eigenvalue weighted by molar-refractivity contribution is -0.116. The highest BCUT2D eigenvalue weighted by Gasteiger charge is 2.13. The summed E-state index contributed by atoms with van der Waals surface area (Å²) in [5.74, 6) is 0.692. The summed E-state index contributed by atoms with van der Waals surface area (Å²) in [5, 5.41) is 3.05. The molecule has 4 nitrogen and oxygen atoms in total. The summed E-state index contributed by atoms with van der Waals surface area (Å²) in [7, 11) is 0. The first kappa shape index (κ1) is 18.7. The van der Waals surface area contributed by atoms with Crippen molar-refractivity contribution in [2.75, 3.05) is 5.32 Å². The largest absolute Gasteiger partial charge is 0.324 e. The number of para-hydroxylation sites is 3. The Labute approximate surface area is 170 Å². The van der Waals surface area contributed by atoms with Gasteiger partial charge in [-0.3, -0.25) is 4.79 Å². The smallest absolute Gasteiger partial charge is 0.244 e. The summed E-state index contributed by atoms with van der Waals surface area (Å²) in [6.07, 6.45) is 4.85. The van der Waals surface area contributed by atoms with E-state index in [1.54, 1.807) is 0 Å². The number of anilines is 1. The van der Waals surface area contributed by atoms with Crippen molar-refractivity contribution >= 4 is 34.8 Å². The first-order valence-corrected chi connectivity index (χ1v) is 9.81. The number of hydrogen-bond acceptors (Lipinski definition) is 2. The molecule has 1 aromatic heterocycles. The van der Waals surface area contributed by atoms with Crippen LogP contribution in [0.4, 0.5) is 5.69 Å². The lowest BCUT2D eigenvalue weighted by atomic mass is 10.1. The molecule has 0 fully saturated rings. The fourth-order valence-corrected chi connectivity index (χ4v) is 3.41. The Morgan fingerprint density at radius 1 is 0.931 bits per heavy atom. The van der Waals surface area contributed by atoms with Crippen molar-refractivity contribution in [1.82, 2.24) is 9.55 Å². The van der Waals surface area contributed by atoms with Crippen molar-refractivity contribution in [3.63, 3.8) is 0 Å². The van der Waals surface area contributed by atoms with Crippen molar-refractivity contribution in [1.29, 1.82) is 0 Å². The monoisotopic (exact) mass is 381 g/mol. The molecular formula is C25H23N3O. The maximum absolute atomic E-state index is 12.8. The van der Waals surface area contributed by atoms with Gasteiger partial charge in [-0.1, -0.05) is 73.7 Å². The Kier molecular flexibility index (Phi) is 5.52. The highest BCUT2D eigenvalue weighted by molar-refractivity contribution is 5.93. The normalized spacial score (nSPS) is 11.2. The Morgan fingerprint density at radius 2 is 1.66 bits per heavy atom. The Morgan fingerprint density at radius 3 is 2.48 bits per heavy atom. The van der Waals surface area contributed by atoms with E-state index >= 15 is 0 Å². The van der Waals surface area contributed by atoms with Crippen molar-refractivity contribution in [2.24, 2.45) is 0 Å². The molecule has 0 aliphatic carbocycles. The lowest BCUT2D eigenvalue weighted by Crippen LogP contribution is -2.20. The van der Waals surface area contributed by atoms with Crippen molar-refractivity contribution in [2.45, 2.75) is 19.9 Å². The Hall–Kier alpha value is -3.66. The van der Waals surface area contributed by atoms with E-state index in [0.29, 0.717) is 0 Å². The van der Waals surface area contributed by atoms with E-state index in [0.717, 1.165) is 40.1 Å². The number of amides is 1. The number of aryl methyl sites for hydroxylation is 1. The van der Waals surface area contributed by atoms with Gasteiger partial charge >= 0.3 is 0 Å². The molecule has 0 bridgehead atoms. The molecule has 0 unspecified atom stereocenters. The summed E-state index contributed by atoms with van der Waals surface area (Å²) < 4.78 is 1.96. The van der Waals surface area contributed by atoms with Crippen molar-refractivity contribution in [3.05, 3.63) is 95.8 Å². The molecule has 0 aliphatic heterocycles. The third kappa shape index (κ3) is 4.27. The molecule has 0 radical (unpaired) electrons. The first-order valence-electron chi connectivity index (χ1n) is 9.81. The van der Waals surface area contributed by atoms with Gasteiger partial charge in [-0.2, -0.15) is 0 Å². The summed E-state index contributed by atoms with van der Waals surface area (Å²) in [5.41, 5.74) is 4.90. The highest BCUT2D eigenvalue weighted by atomic mass is 16.1. The van der Waals surface area contributed by atoms with Crippen molar-refractivity contribution in [3.8, 4) is 0 Å². The van der Waals surface area contributed by atoms with E-state index in [-0.39, 0.29) is 12.5 Å². The van der Waals surface area contributed by atoms with Gasteiger partial charge in [0.25, 0.3) is 0 Å². The molecule has 3 aromatic carbocycles. The number of imidazole rings is 1. The van der Waals surface area contributed by atoms with Crippen LogP contribution in [0.5, 0.6) is 0 Å². The van der Waals surface area contributed by atoms with Crippen LogP contribution >= 0.6 is 0 Å². The van der Waals surface area contributed by atoms with Gasteiger partial charge in [0.15, 0.2) is 0 Å². The van der Waals surface area contributed by atoms with E-state index < -0.39 is 0 Å². The number of nitrogens with one attached hydrogen (secondary N) is 1. The molecule has 1 amide bonds. The topological polar surface area (TPSA) is 46.9 Å². The van der Waals surface area contributed by atoms with E-state index in [1.165, 1.54) is 0 Å². The number of benzene rings is 3. The molecule has 0 atom stereocenters. The van der Waals surface area contributed by atoms with Crippen LogP contribution in [0.2, 0.25) is 0 Å². The summed E-state index contributed by atoms with van der Waals surface area (Å²) in [6, 6.07) is 25.9. The third-order valence-electron chi connectivity index (χ3n) is 4.88. The van der Waals surface area contributed by atoms with Crippen LogP contribution in [0.25, 0.3) is 23.2 Å². The van der Waals surface area contributed by atoms with Crippen LogP contribution in [0.3, 0.4) is 0 Å². The van der Waals surface area contributed by atoms with Gasteiger partial charge in [-0.05, 0) is 41.8 Å². The molecule has 4 heteroatoms. The number of hydrogen-bond donors (Lipinski definition) is 1. The zero-order chi connectivity index (χ0) is 20.1. The Balaban J connectivity index is 1.63. The molecular weight excluding hydrogens is 358 g/mol. The highest BCUT2D eigenvalue weighted by Crippen LogP contribution is 2.20. The molecule has 0 saturated carbocycles. The zero-order valence-electron chi connectivity index (χ0n) is 16.4. The van der Waals surface area contributed by atoms with Crippen molar-refractivity contribution < 1.29 is 4.79 Å². The average Bonchev–Trinajstić information content (AvgIpc) is 3.10. The van der Waals surface area contributed by atoms with Gasteiger partial charge in [0.05, 0.1) is 11.0 Å². The summed E-state index contributed by atoms with van der Waals surface area (Å²) in [4.78, 5) is 17.6. The Bertz CT molecular complexity index is 1160. The quantitative estimate of drug-likeness (QED) is 0.485. The van der Waals surface area contributed by atoms with E-state index in [2.05, 4.69) is 12.2 Å². The van der Waals surface area contributed by atoms with E-state index in [1.807, 2.05) is 95.6 Å². The van der Waals surface area contributed by atoms with Gasteiger partial charge in [-0.15, -0.1) is 0 Å². The zero-order valence-corrected chi connectivity index (χ0v) is 16.4. The van der Waals surface area contributed by atoms with E-state index in [9.17, 15) is 4.79 Å². The number of carbonyl (C=O) groups excluding carboxylic acids is 1. The third-order valence-corrected chi connectivity index (χ3v) is 4.88. The second kappa shape index (κ2) is 8.57. The second-order valence-corrected chi connectivity index (χ2v) is 6.85. The molecule has 1 N–H and O–H groups in total. The number of rotatable bonds is 6. The summed E-state index contributed by atoms with van der Waals surface area (Å²) in [6.45, 7) is 2.29. The predicted molar refractivity (Wildman–Crippen MR) is 120 cm³/mol. The maximum Gasteiger partial charge on any atom is 0.244 e. The second-order valence-electron chi connectivity index (χ2n) is 6.85. The molecule has 1 heterocycles. The number of fused-ring (bicyclic) bond motifs is 1.